The molecule has 1 N–H and O–H groups in total. The number of amides is 1. The fourth-order valence-electron chi connectivity index (χ4n) is 2.45. The van der Waals surface area contributed by atoms with Gasteiger partial charge in [-0.25, -0.2) is 8.42 Å². The normalized spacial score (nSPS) is 13.0. The van der Waals surface area contributed by atoms with Crippen molar-refractivity contribution in [2.24, 2.45) is 0 Å². The Kier molecular flexibility index (Phi) is 8.28. The first-order chi connectivity index (χ1) is 12.4. The molecule has 0 radical (unpaired) electrons. The molecule has 1 rings (SSSR count). The molecule has 0 aliphatic carbocycles. The van der Waals surface area contributed by atoms with E-state index < -0.39 is 16.1 Å². The number of anilines is 1. The van der Waals surface area contributed by atoms with Crippen molar-refractivity contribution in [2.45, 2.75) is 38.5 Å². The Morgan fingerprint density at radius 3 is 2.30 bits per heavy atom. The van der Waals surface area contributed by atoms with Crippen LogP contribution in [0, 0.1) is 0 Å². The van der Waals surface area contributed by atoms with Crippen LogP contribution in [-0.2, 0) is 14.8 Å². The molecular weight excluding hydrogens is 388 g/mol. The second kappa shape index (κ2) is 9.54. The molecule has 0 saturated heterocycles. The Morgan fingerprint density at radius 1 is 1.22 bits per heavy atom. The van der Waals surface area contributed by atoms with Crippen LogP contribution >= 0.6 is 11.8 Å². The molecule has 27 heavy (non-hydrogen) atoms. The van der Waals surface area contributed by atoms with Crippen LogP contribution in [0.5, 0.6) is 11.5 Å². The molecule has 0 heterocycles. The number of nitrogens with zero attached hydrogens (tertiary/aromatic N) is 1. The van der Waals surface area contributed by atoms with Crippen LogP contribution in [0.4, 0.5) is 5.69 Å². The number of rotatable bonds is 9. The van der Waals surface area contributed by atoms with Crippen LogP contribution in [0.15, 0.2) is 18.2 Å². The number of hydrogen-bond acceptors (Lipinski definition) is 6. The number of carbonyl (C=O) groups excluding carboxylic acids is 1. The van der Waals surface area contributed by atoms with E-state index in [1.807, 2.05) is 0 Å². The maximum absolute atomic E-state index is 12.5. The van der Waals surface area contributed by atoms with Gasteiger partial charge >= 0.3 is 0 Å². The number of nitrogens with one attached hydrogen (secondary N) is 1. The van der Waals surface area contributed by atoms with Gasteiger partial charge in [0, 0.05) is 23.1 Å². The highest BCUT2D eigenvalue weighted by molar-refractivity contribution is 8.00. The van der Waals surface area contributed by atoms with Crippen LogP contribution in [0.25, 0.3) is 0 Å². The number of methoxy groups -OCH3 is 2. The highest BCUT2D eigenvalue weighted by atomic mass is 32.2. The maximum Gasteiger partial charge on any atom is 0.243 e. The summed E-state index contributed by atoms with van der Waals surface area (Å²) >= 11 is 1.73. The van der Waals surface area contributed by atoms with Crippen molar-refractivity contribution in [3.05, 3.63) is 18.2 Å². The van der Waals surface area contributed by atoms with E-state index in [4.69, 9.17) is 9.47 Å². The minimum absolute atomic E-state index is 0.106. The van der Waals surface area contributed by atoms with Gasteiger partial charge in [0.2, 0.25) is 15.9 Å². The fraction of sp³-hybridized carbons (Fsp3) is 0.611. The van der Waals surface area contributed by atoms with Gasteiger partial charge in [-0.05, 0) is 19.1 Å². The first kappa shape index (κ1) is 23.4. The van der Waals surface area contributed by atoms with Crippen LogP contribution in [-0.4, -0.2) is 57.9 Å². The van der Waals surface area contributed by atoms with Gasteiger partial charge in [-0.1, -0.05) is 20.8 Å². The van der Waals surface area contributed by atoms with Gasteiger partial charge < -0.3 is 14.8 Å². The first-order valence-corrected chi connectivity index (χ1v) is 11.4. The zero-order chi connectivity index (χ0) is 20.8. The van der Waals surface area contributed by atoms with E-state index in [0.29, 0.717) is 23.7 Å². The number of sulfonamides is 1. The van der Waals surface area contributed by atoms with Crippen molar-refractivity contribution < 1.29 is 22.7 Å². The van der Waals surface area contributed by atoms with E-state index in [-0.39, 0.29) is 10.7 Å². The van der Waals surface area contributed by atoms with Crippen LogP contribution < -0.4 is 19.1 Å². The molecule has 9 heteroatoms. The van der Waals surface area contributed by atoms with Gasteiger partial charge in [-0.15, -0.1) is 0 Å². The van der Waals surface area contributed by atoms with Crippen LogP contribution in [0.3, 0.4) is 0 Å². The summed E-state index contributed by atoms with van der Waals surface area (Å²) in [5.74, 6) is 1.26. The van der Waals surface area contributed by atoms with Crippen molar-refractivity contribution in [2.75, 3.05) is 37.1 Å². The Morgan fingerprint density at radius 2 is 1.81 bits per heavy atom. The second-order valence-electron chi connectivity index (χ2n) is 7.03. The lowest BCUT2D eigenvalue weighted by Crippen LogP contribution is -2.48. The molecule has 0 saturated carbocycles. The molecular formula is C18H30N2O5S2. The Hall–Kier alpha value is -1.61. The molecule has 0 bridgehead atoms. The van der Waals surface area contributed by atoms with E-state index in [9.17, 15) is 13.2 Å². The van der Waals surface area contributed by atoms with Crippen molar-refractivity contribution in [1.82, 2.24) is 5.32 Å². The van der Waals surface area contributed by atoms with Crippen molar-refractivity contribution in [3.8, 4) is 11.5 Å². The molecule has 0 aliphatic rings. The van der Waals surface area contributed by atoms with Crippen molar-refractivity contribution >= 4 is 33.4 Å². The average Bonchev–Trinajstić information content (AvgIpc) is 2.56. The van der Waals surface area contributed by atoms with Gasteiger partial charge in [-0.3, -0.25) is 9.10 Å². The smallest absolute Gasteiger partial charge is 0.243 e. The van der Waals surface area contributed by atoms with Crippen molar-refractivity contribution in [1.29, 1.82) is 0 Å². The topological polar surface area (TPSA) is 84.9 Å². The predicted molar refractivity (Wildman–Crippen MR) is 112 cm³/mol. The zero-order valence-corrected chi connectivity index (χ0v) is 18.7. The number of carbonyl (C=O) groups is 1. The number of benzene rings is 1. The fourth-order valence-corrected chi connectivity index (χ4v) is 4.43. The summed E-state index contributed by atoms with van der Waals surface area (Å²) in [6, 6.07) is 3.83. The molecule has 0 fully saturated rings. The summed E-state index contributed by atoms with van der Waals surface area (Å²) in [5, 5.41) is 2.81. The standard InChI is InChI=1S/C18H30N2O5S2/c1-13(17(21)19-10-11-26-18(2,3)4)20(27(7,22)23)14-8-9-15(24-5)16(12-14)25-6/h8-9,12-13H,10-11H2,1-7H3,(H,19,21)/t13-/m1/s1. The number of thioether (sulfide) groups is 1. The lowest BCUT2D eigenvalue weighted by Gasteiger charge is -2.29. The average molecular weight is 419 g/mol. The largest absolute Gasteiger partial charge is 0.493 e. The van der Waals surface area contributed by atoms with Crippen LogP contribution in [0.2, 0.25) is 0 Å². The molecule has 1 amide bonds. The van der Waals surface area contributed by atoms with Gasteiger partial charge in [0.15, 0.2) is 11.5 Å². The summed E-state index contributed by atoms with van der Waals surface area (Å²) in [6.07, 6.45) is 1.07. The van der Waals surface area contributed by atoms with Gasteiger partial charge in [0.05, 0.1) is 26.2 Å². The molecule has 1 aromatic carbocycles. The Bertz CT molecular complexity index is 745. The Balaban J connectivity index is 2.99. The van der Waals surface area contributed by atoms with E-state index in [1.54, 1.807) is 36.9 Å². The number of ether oxygens (including phenoxy) is 2. The maximum atomic E-state index is 12.5. The molecule has 0 unspecified atom stereocenters. The SMILES string of the molecule is COc1ccc(N([C@H](C)C(=O)NCCSC(C)(C)C)S(C)(=O)=O)cc1OC. The van der Waals surface area contributed by atoms with Gasteiger partial charge in [0.1, 0.15) is 6.04 Å². The molecule has 7 nitrogen and oxygen atoms in total. The minimum Gasteiger partial charge on any atom is -0.493 e. The summed E-state index contributed by atoms with van der Waals surface area (Å²) in [6.45, 7) is 8.33. The number of hydrogen-bond donors (Lipinski definition) is 1. The van der Waals surface area contributed by atoms with E-state index in [0.717, 1.165) is 16.3 Å². The third kappa shape index (κ3) is 7.14. The molecule has 0 aliphatic heterocycles. The third-order valence-corrected chi connectivity index (χ3v) is 6.16. The summed E-state index contributed by atoms with van der Waals surface area (Å²) < 4.78 is 36.3. The van der Waals surface area contributed by atoms with E-state index in [1.165, 1.54) is 14.2 Å². The molecule has 154 valence electrons. The summed E-state index contributed by atoms with van der Waals surface area (Å²) in [4.78, 5) is 12.5. The minimum atomic E-state index is -3.69. The molecule has 1 atom stereocenters. The highest BCUT2D eigenvalue weighted by Gasteiger charge is 2.29. The molecule has 1 aromatic rings. The van der Waals surface area contributed by atoms with Gasteiger partial charge in [-0.2, -0.15) is 11.8 Å². The Labute approximate surface area is 166 Å². The van der Waals surface area contributed by atoms with E-state index in [2.05, 4.69) is 26.1 Å². The highest BCUT2D eigenvalue weighted by Crippen LogP contribution is 2.33. The zero-order valence-electron chi connectivity index (χ0n) is 17.0. The predicted octanol–water partition coefficient (Wildman–Crippen LogP) is 2.51. The second-order valence-corrected chi connectivity index (χ2v) is 10.8. The monoisotopic (exact) mass is 418 g/mol. The van der Waals surface area contributed by atoms with Crippen LogP contribution in [0.1, 0.15) is 27.7 Å². The molecule has 0 spiro atoms. The quantitative estimate of drug-likeness (QED) is 0.620. The molecule has 0 aromatic heterocycles. The first-order valence-electron chi connectivity index (χ1n) is 8.54. The lowest BCUT2D eigenvalue weighted by atomic mass is 10.2. The van der Waals surface area contributed by atoms with E-state index >= 15 is 0 Å². The van der Waals surface area contributed by atoms with Gasteiger partial charge in [0.25, 0.3) is 0 Å². The van der Waals surface area contributed by atoms with Crippen molar-refractivity contribution in [3.63, 3.8) is 0 Å². The summed E-state index contributed by atoms with van der Waals surface area (Å²) in [5.41, 5.74) is 0.335. The summed E-state index contributed by atoms with van der Waals surface area (Å²) in [7, 11) is -0.724. The third-order valence-electron chi connectivity index (χ3n) is 3.65. The lowest BCUT2D eigenvalue weighted by molar-refractivity contribution is -0.121.